The van der Waals surface area contributed by atoms with Gasteiger partial charge in [0.2, 0.25) is 5.88 Å². The molecule has 0 N–H and O–H groups in total. The van der Waals surface area contributed by atoms with Gasteiger partial charge in [0, 0.05) is 17.8 Å². The van der Waals surface area contributed by atoms with Crippen molar-refractivity contribution in [3.05, 3.63) is 53.0 Å². The van der Waals surface area contributed by atoms with E-state index in [-0.39, 0.29) is 12.4 Å². The molecule has 2 heterocycles. The summed E-state index contributed by atoms with van der Waals surface area (Å²) >= 11 is 0. The van der Waals surface area contributed by atoms with Crippen molar-refractivity contribution in [3.8, 4) is 5.88 Å². The van der Waals surface area contributed by atoms with E-state index in [0.29, 0.717) is 17.4 Å². The first-order valence-electron chi connectivity index (χ1n) is 9.99. The molecule has 2 aliphatic carbocycles. The molecule has 0 bridgehead atoms. The zero-order valence-electron chi connectivity index (χ0n) is 16.8. The molecule has 1 aliphatic heterocycles. The monoisotopic (exact) mass is 381 g/mol. The number of aromatic nitrogens is 1. The first kappa shape index (κ1) is 18.1. The maximum atomic E-state index is 14.4. The fourth-order valence-electron chi connectivity index (χ4n) is 4.19. The molecule has 2 fully saturated rings. The molecule has 1 aromatic carbocycles. The lowest BCUT2D eigenvalue weighted by Gasteiger charge is -2.32. The Balaban J connectivity index is 1.32. The molecule has 1 saturated carbocycles. The summed E-state index contributed by atoms with van der Waals surface area (Å²) in [5, 5.41) is 0. The van der Waals surface area contributed by atoms with E-state index in [0.717, 1.165) is 17.8 Å². The van der Waals surface area contributed by atoms with Crippen LogP contribution in [0, 0.1) is 11.7 Å². The highest BCUT2D eigenvalue weighted by Gasteiger charge is 2.51. The van der Waals surface area contributed by atoms with Crippen LogP contribution in [0.25, 0.3) is 0 Å². The van der Waals surface area contributed by atoms with Crippen molar-refractivity contribution in [2.24, 2.45) is 5.92 Å². The minimum atomic E-state index is -0.519. The molecule has 5 rings (SSSR count). The number of pyridine rings is 1. The lowest BCUT2D eigenvalue weighted by molar-refractivity contribution is 0.00578. The number of rotatable bonds is 4. The Kier molecular flexibility index (Phi) is 3.91. The standard InChI is InChI=1S/C22H25BFNO3/c1-21(2)22(3,4)28-23(27-21)16-5-6-19(24)15(8-16)12-26-20-10-14-7-13-9-17(13)18(14)11-25-20/h5-6,8,10-11,13,17H,7,9,12H2,1-4H3/t13-,17+/m0/s1. The Hall–Kier alpha value is -1.92. The molecule has 2 aromatic rings. The highest BCUT2D eigenvalue weighted by atomic mass is 19.1. The van der Waals surface area contributed by atoms with Gasteiger partial charge in [-0.1, -0.05) is 12.1 Å². The molecule has 3 aliphatic rings. The van der Waals surface area contributed by atoms with Crippen molar-refractivity contribution in [1.29, 1.82) is 0 Å². The van der Waals surface area contributed by atoms with Crippen LogP contribution < -0.4 is 10.2 Å². The number of nitrogens with zero attached hydrogens (tertiary/aromatic N) is 1. The van der Waals surface area contributed by atoms with Crippen molar-refractivity contribution in [1.82, 2.24) is 4.98 Å². The summed E-state index contributed by atoms with van der Waals surface area (Å²) in [5.74, 6) is 1.77. The van der Waals surface area contributed by atoms with E-state index in [2.05, 4.69) is 4.98 Å². The minimum Gasteiger partial charge on any atom is -0.473 e. The number of hydrogen-bond donors (Lipinski definition) is 0. The Morgan fingerprint density at radius 3 is 2.68 bits per heavy atom. The van der Waals surface area contributed by atoms with Crippen molar-refractivity contribution in [3.63, 3.8) is 0 Å². The average molecular weight is 381 g/mol. The van der Waals surface area contributed by atoms with Gasteiger partial charge in [0.05, 0.1) is 11.2 Å². The number of halogens is 1. The SMILES string of the molecule is CC1(C)OB(c2ccc(F)c(COc3cc4c(cn3)[C@@H]3C[C@@H]3C4)c2)OC1(C)C. The molecule has 4 nitrogen and oxygen atoms in total. The number of fused-ring (bicyclic) bond motifs is 3. The van der Waals surface area contributed by atoms with Crippen LogP contribution >= 0.6 is 0 Å². The molecular formula is C22H25BFNO3. The van der Waals surface area contributed by atoms with Crippen molar-refractivity contribution in [2.75, 3.05) is 0 Å². The van der Waals surface area contributed by atoms with Gasteiger partial charge in [0.15, 0.2) is 0 Å². The van der Waals surface area contributed by atoms with Gasteiger partial charge in [-0.3, -0.25) is 0 Å². The Morgan fingerprint density at radius 1 is 1.18 bits per heavy atom. The van der Waals surface area contributed by atoms with Gasteiger partial charge in [-0.2, -0.15) is 0 Å². The van der Waals surface area contributed by atoms with Gasteiger partial charge in [-0.15, -0.1) is 0 Å². The second kappa shape index (κ2) is 6.04. The van der Waals surface area contributed by atoms with Crippen LogP contribution in [0.5, 0.6) is 5.88 Å². The van der Waals surface area contributed by atoms with E-state index in [4.69, 9.17) is 14.0 Å². The number of hydrogen-bond acceptors (Lipinski definition) is 4. The van der Waals surface area contributed by atoms with Crippen molar-refractivity contribution in [2.45, 2.75) is 64.3 Å². The van der Waals surface area contributed by atoms with Crippen LogP contribution in [0.2, 0.25) is 0 Å². The summed E-state index contributed by atoms with van der Waals surface area (Å²) in [6, 6.07) is 6.93. The third kappa shape index (κ3) is 2.94. The fourth-order valence-corrected chi connectivity index (χ4v) is 4.19. The fraction of sp³-hybridized carbons (Fsp3) is 0.500. The second-order valence-electron chi connectivity index (χ2n) is 9.26. The van der Waals surface area contributed by atoms with E-state index < -0.39 is 18.3 Å². The van der Waals surface area contributed by atoms with Crippen LogP contribution in [0.1, 0.15) is 56.7 Å². The highest BCUT2D eigenvalue weighted by molar-refractivity contribution is 6.62. The first-order valence-corrected chi connectivity index (χ1v) is 9.99. The third-order valence-corrected chi connectivity index (χ3v) is 6.77. The van der Waals surface area contributed by atoms with E-state index in [1.165, 1.54) is 23.6 Å². The topological polar surface area (TPSA) is 40.6 Å². The van der Waals surface area contributed by atoms with Crippen LogP contribution in [-0.2, 0) is 22.3 Å². The zero-order chi connectivity index (χ0) is 19.7. The number of ether oxygens (including phenoxy) is 1. The summed E-state index contributed by atoms with van der Waals surface area (Å²) in [4.78, 5) is 4.42. The maximum Gasteiger partial charge on any atom is 0.494 e. The molecule has 0 unspecified atom stereocenters. The summed E-state index contributed by atoms with van der Waals surface area (Å²) in [6.45, 7) is 8.14. The number of benzene rings is 1. The largest absolute Gasteiger partial charge is 0.494 e. The van der Waals surface area contributed by atoms with E-state index in [1.807, 2.05) is 40.0 Å². The van der Waals surface area contributed by atoms with Gasteiger partial charge < -0.3 is 14.0 Å². The molecule has 28 heavy (non-hydrogen) atoms. The summed E-state index contributed by atoms with van der Waals surface area (Å²) in [5.41, 5.74) is 3.09. The molecule has 0 amide bonds. The van der Waals surface area contributed by atoms with Crippen LogP contribution in [0.3, 0.4) is 0 Å². The second-order valence-corrected chi connectivity index (χ2v) is 9.26. The molecule has 6 heteroatoms. The van der Waals surface area contributed by atoms with Gasteiger partial charge in [0.25, 0.3) is 0 Å². The smallest absolute Gasteiger partial charge is 0.473 e. The normalized spacial score (nSPS) is 26.1. The lowest BCUT2D eigenvalue weighted by Crippen LogP contribution is -2.41. The Labute approximate surface area is 165 Å². The average Bonchev–Trinajstić information content (AvgIpc) is 3.24. The molecular weight excluding hydrogens is 356 g/mol. The van der Waals surface area contributed by atoms with Crippen LogP contribution in [0.4, 0.5) is 4.39 Å². The van der Waals surface area contributed by atoms with Crippen LogP contribution in [-0.4, -0.2) is 23.3 Å². The summed E-state index contributed by atoms with van der Waals surface area (Å²) < 4.78 is 32.3. The molecule has 1 aromatic heterocycles. The summed E-state index contributed by atoms with van der Waals surface area (Å²) in [7, 11) is -0.519. The van der Waals surface area contributed by atoms with Crippen LogP contribution in [0.15, 0.2) is 30.5 Å². The molecule has 0 spiro atoms. The Morgan fingerprint density at radius 2 is 1.93 bits per heavy atom. The zero-order valence-corrected chi connectivity index (χ0v) is 16.8. The Bertz CT molecular complexity index is 929. The predicted molar refractivity (Wildman–Crippen MR) is 105 cm³/mol. The van der Waals surface area contributed by atoms with Crippen molar-refractivity contribution >= 4 is 12.6 Å². The maximum absolute atomic E-state index is 14.4. The lowest BCUT2D eigenvalue weighted by atomic mass is 9.78. The van der Waals surface area contributed by atoms with Gasteiger partial charge in [-0.05, 0) is 75.0 Å². The summed E-state index contributed by atoms with van der Waals surface area (Å²) in [6.07, 6.45) is 4.34. The predicted octanol–water partition coefficient (Wildman–Crippen LogP) is 3.76. The van der Waals surface area contributed by atoms with E-state index in [9.17, 15) is 4.39 Å². The third-order valence-electron chi connectivity index (χ3n) is 6.77. The van der Waals surface area contributed by atoms with E-state index >= 15 is 0 Å². The quantitative estimate of drug-likeness (QED) is 0.757. The van der Waals surface area contributed by atoms with Crippen molar-refractivity contribution < 1.29 is 18.4 Å². The minimum absolute atomic E-state index is 0.123. The molecule has 1 saturated heterocycles. The van der Waals surface area contributed by atoms with Gasteiger partial charge in [0.1, 0.15) is 12.4 Å². The van der Waals surface area contributed by atoms with Gasteiger partial charge in [-0.25, -0.2) is 9.37 Å². The van der Waals surface area contributed by atoms with Gasteiger partial charge >= 0.3 is 7.12 Å². The molecule has 2 atom stereocenters. The molecule has 146 valence electrons. The molecule has 0 radical (unpaired) electrons. The highest BCUT2D eigenvalue weighted by Crippen LogP contribution is 2.56. The first-order chi connectivity index (χ1) is 13.2. The van der Waals surface area contributed by atoms with E-state index in [1.54, 1.807) is 12.1 Å².